The van der Waals surface area contributed by atoms with Crippen LogP contribution in [0.1, 0.15) is 43.7 Å². The molecule has 0 aliphatic carbocycles. The summed E-state index contributed by atoms with van der Waals surface area (Å²) in [4.78, 5) is 0. The van der Waals surface area contributed by atoms with Gasteiger partial charge in [-0.2, -0.15) is 8.78 Å². The van der Waals surface area contributed by atoms with Crippen LogP contribution in [0.3, 0.4) is 0 Å². The molecule has 0 heterocycles. The first-order valence-corrected chi connectivity index (χ1v) is 13.1. The minimum absolute atomic E-state index is 0.0218. The Morgan fingerprint density at radius 3 is 1.80 bits per heavy atom. The molecule has 41 heavy (non-hydrogen) atoms. The number of unbranched alkanes of at least 4 members (excludes halogenated alkanes) is 3. The standard InChI is InChI=1S/C31H23ClF8O/c1-2-3-4-5-6-17-7-9-18(10-8-17)19-12-23(33)28(24(34)13-19)20-11-22(32)30(27(37)14-20)41-31(39,40)21-15-25(35)29(38)26(36)16-21/h7-16H,2-6H2,1H3. The highest BCUT2D eigenvalue weighted by atomic mass is 35.5. The van der Waals surface area contributed by atoms with Crippen molar-refractivity contribution in [3.05, 3.63) is 112 Å². The Bertz CT molecular complexity index is 1480. The summed E-state index contributed by atoms with van der Waals surface area (Å²) in [6.07, 6.45) is 0.765. The molecule has 0 radical (unpaired) electrons. The zero-order valence-corrected chi connectivity index (χ0v) is 22.4. The molecular formula is C31H23ClF8O. The van der Waals surface area contributed by atoms with Crippen molar-refractivity contribution < 1.29 is 39.9 Å². The van der Waals surface area contributed by atoms with Gasteiger partial charge in [0.25, 0.3) is 0 Å². The zero-order chi connectivity index (χ0) is 29.9. The molecule has 216 valence electrons. The van der Waals surface area contributed by atoms with E-state index in [-0.39, 0.29) is 17.7 Å². The third kappa shape index (κ3) is 6.84. The molecule has 0 N–H and O–H groups in total. The summed E-state index contributed by atoms with van der Waals surface area (Å²) in [6, 6.07) is 10.6. The highest BCUT2D eigenvalue weighted by Gasteiger charge is 2.38. The van der Waals surface area contributed by atoms with Crippen LogP contribution in [0.25, 0.3) is 22.3 Å². The van der Waals surface area contributed by atoms with Gasteiger partial charge in [0.05, 0.1) is 16.1 Å². The average molecular weight is 599 g/mol. The third-order valence-corrected chi connectivity index (χ3v) is 6.77. The predicted molar refractivity (Wildman–Crippen MR) is 141 cm³/mol. The molecule has 0 saturated carbocycles. The quantitative estimate of drug-likeness (QED) is 0.100. The molecule has 0 bridgehead atoms. The number of hydrogen-bond donors (Lipinski definition) is 0. The van der Waals surface area contributed by atoms with Crippen molar-refractivity contribution in [2.75, 3.05) is 0 Å². The number of halogens is 9. The van der Waals surface area contributed by atoms with E-state index in [1.807, 2.05) is 12.1 Å². The van der Waals surface area contributed by atoms with E-state index in [4.69, 9.17) is 11.6 Å². The highest BCUT2D eigenvalue weighted by molar-refractivity contribution is 6.32. The van der Waals surface area contributed by atoms with Gasteiger partial charge in [-0.15, -0.1) is 0 Å². The van der Waals surface area contributed by atoms with Crippen LogP contribution >= 0.6 is 11.6 Å². The second-order valence-electron chi connectivity index (χ2n) is 9.46. The number of aryl methyl sites for hydroxylation is 1. The maximum atomic E-state index is 15.1. The number of alkyl halides is 2. The van der Waals surface area contributed by atoms with Gasteiger partial charge in [-0.1, -0.05) is 62.1 Å². The number of benzene rings is 4. The third-order valence-electron chi connectivity index (χ3n) is 6.49. The lowest BCUT2D eigenvalue weighted by atomic mass is 9.97. The van der Waals surface area contributed by atoms with Crippen LogP contribution in [0.4, 0.5) is 35.1 Å². The second-order valence-corrected chi connectivity index (χ2v) is 9.87. The number of rotatable bonds is 10. The summed E-state index contributed by atoms with van der Waals surface area (Å²) >= 11 is 5.91. The van der Waals surface area contributed by atoms with Crippen molar-refractivity contribution in [2.45, 2.75) is 45.1 Å². The Morgan fingerprint density at radius 2 is 1.24 bits per heavy atom. The number of ether oxygens (including phenoxy) is 1. The second kappa shape index (κ2) is 12.5. The minimum atomic E-state index is -4.55. The van der Waals surface area contributed by atoms with Crippen molar-refractivity contribution in [3.8, 4) is 28.0 Å². The molecule has 10 heteroatoms. The molecule has 0 unspecified atom stereocenters. The Morgan fingerprint density at radius 1 is 0.659 bits per heavy atom. The maximum absolute atomic E-state index is 15.1. The van der Waals surface area contributed by atoms with Crippen LogP contribution in [-0.4, -0.2) is 0 Å². The molecule has 0 spiro atoms. The van der Waals surface area contributed by atoms with E-state index >= 15 is 8.78 Å². The predicted octanol–water partition coefficient (Wildman–Crippen LogP) is 10.8. The van der Waals surface area contributed by atoms with Crippen molar-refractivity contribution in [3.63, 3.8) is 0 Å². The fourth-order valence-corrected chi connectivity index (χ4v) is 4.59. The van der Waals surface area contributed by atoms with E-state index in [2.05, 4.69) is 11.7 Å². The summed E-state index contributed by atoms with van der Waals surface area (Å²) in [5.74, 6) is -10.7. The summed E-state index contributed by atoms with van der Waals surface area (Å²) < 4.78 is 118. The van der Waals surface area contributed by atoms with Gasteiger partial charge >= 0.3 is 6.11 Å². The van der Waals surface area contributed by atoms with Crippen LogP contribution in [0.5, 0.6) is 5.75 Å². The number of hydrogen-bond acceptors (Lipinski definition) is 1. The molecule has 0 saturated heterocycles. The monoisotopic (exact) mass is 598 g/mol. The maximum Gasteiger partial charge on any atom is 0.427 e. The Labute approximate surface area is 236 Å². The van der Waals surface area contributed by atoms with Gasteiger partial charge < -0.3 is 4.74 Å². The summed E-state index contributed by atoms with van der Waals surface area (Å²) in [6.45, 7) is 2.13. The molecule has 4 rings (SSSR count). The fraction of sp³-hybridized carbons (Fsp3) is 0.226. The van der Waals surface area contributed by atoms with Crippen LogP contribution in [-0.2, 0) is 12.5 Å². The van der Waals surface area contributed by atoms with E-state index in [1.165, 1.54) is 0 Å². The molecule has 0 aromatic heterocycles. The summed E-state index contributed by atoms with van der Waals surface area (Å²) in [5.41, 5.74) is -0.656. The Kier molecular flexibility index (Phi) is 9.27. The van der Waals surface area contributed by atoms with Gasteiger partial charge in [0, 0.05) is 0 Å². The fourth-order valence-electron chi connectivity index (χ4n) is 4.35. The molecule has 4 aromatic rings. The van der Waals surface area contributed by atoms with E-state index < -0.39 is 68.5 Å². The van der Waals surface area contributed by atoms with Crippen LogP contribution < -0.4 is 4.74 Å². The smallest absolute Gasteiger partial charge is 0.424 e. The van der Waals surface area contributed by atoms with Gasteiger partial charge in [-0.3, -0.25) is 0 Å². The molecule has 0 aliphatic rings. The summed E-state index contributed by atoms with van der Waals surface area (Å²) in [7, 11) is 0. The molecule has 0 aliphatic heterocycles. The van der Waals surface area contributed by atoms with Crippen molar-refractivity contribution in [1.29, 1.82) is 0 Å². The molecule has 1 nitrogen and oxygen atoms in total. The van der Waals surface area contributed by atoms with E-state index in [1.54, 1.807) is 12.1 Å². The van der Waals surface area contributed by atoms with Gasteiger partial charge in [0.2, 0.25) is 0 Å². The molecule has 4 aromatic carbocycles. The zero-order valence-electron chi connectivity index (χ0n) is 21.6. The highest BCUT2D eigenvalue weighted by Crippen LogP contribution is 2.41. The van der Waals surface area contributed by atoms with Crippen LogP contribution in [0, 0.1) is 34.9 Å². The van der Waals surface area contributed by atoms with Crippen LogP contribution in [0.2, 0.25) is 5.02 Å². The minimum Gasteiger partial charge on any atom is -0.424 e. The topological polar surface area (TPSA) is 9.23 Å². The average Bonchev–Trinajstić information content (AvgIpc) is 2.91. The lowest BCUT2D eigenvalue weighted by molar-refractivity contribution is -0.187. The molecule has 0 atom stereocenters. The van der Waals surface area contributed by atoms with Crippen LogP contribution in [0.15, 0.2) is 60.7 Å². The normalized spacial score (nSPS) is 11.7. The molecule has 0 amide bonds. The Hall–Kier alpha value is -3.59. The van der Waals surface area contributed by atoms with Crippen molar-refractivity contribution in [2.24, 2.45) is 0 Å². The first-order valence-electron chi connectivity index (χ1n) is 12.7. The van der Waals surface area contributed by atoms with Crippen molar-refractivity contribution in [1.82, 2.24) is 0 Å². The van der Waals surface area contributed by atoms with E-state index in [0.29, 0.717) is 11.6 Å². The Balaban J connectivity index is 1.59. The van der Waals surface area contributed by atoms with Crippen molar-refractivity contribution >= 4 is 11.6 Å². The van der Waals surface area contributed by atoms with Gasteiger partial charge in [-0.05, 0) is 71.5 Å². The largest absolute Gasteiger partial charge is 0.427 e. The lowest BCUT2D eigenvalue weighted by Gasteiger charge is -2.20. The molecular weight excluding hydrogens is 576 g/mol. The van der Waals surface area contributed by atoms with Gasteiger partial charge in [0.1, 0.15) is 11.6 Å². The lowest BCUT2D eigenvalue weighted by Crippen LogP contribution is -2.23. The summed E-state index contributed by atoms with van der Waals surface area (Å²) in [5, 5.41) is -0.805. The van der Waals surface area contributed by atoms with Gasteiger partial charge in [0.15, 0.2) is 29.0 Å². The van der Waals surface area contributed by atoms with E-state index in [9.17, 15) is 26.3 Å². The first-order chi connectivity index (χ1) is 19.4. The SMILES string of the molecule is CCCCCCc1ccc(-c2cc(F)c(-c3cc(F)c(OC(F)(F)c4cc(F)c(F)c(F)c4)c(Cl)c3)c(F)c2)cc1. The molecule has 0 fully saturated rings. The first kappa shape index (κ1) is 30.4. The van der Waals surface area contributed by atoms with Gasteiger partial charge in [-0.25, -0.2) is 26.3 Å². The van der Waals surface area contributed by atoms with E-state index in [0.717, 1.165) is 55.9 Å².